The molecule has 2 aromatic heterocycles. The van der Waals surface area contributed by atoms with E-state index in [9.17, 15) is 0 Å². The molecule has 0 saturated heterocycles. The van der Waals surface area contributed by atoms with Crippen LogP contribution in [0.3, 0.4) is 0 Å². The Labute approximate surface area is 204 Å². The number of nitrogens with one attached hydrogen (secondary N) is 1. The summed E-state index contributed by atoms with van der Waals surface area (Å²) in [4.78, 5) is 3.54. The highest BCUT2D eigenvalue weighted by molar-refractivity contribution is 6.11. The third-order valence-corrected chi connectivity index (χ3v) is 7.25. The van der Waals surface area contributed by atoms with Gasteiger partial charge in [0.25, 0.3) is 0 Å². The average Bonchev–Trinajstić information content (AvgIpc) is 3.44. The summed E-state index contributed by atoms with van der Waals surface area (Å²) in [6.07, 6.45) is 2.29. The van der Waals surface area contributed by atoms with Crippen molar-refractivity contribution in [2.45, 2.75) is 19.8 Å². The van der Waals surface area contributed by atoms with Gasteiger partial charge in [-0.3, -0.25) is 0 Å². The maximum absolute atomic E-state index is 3.54. The third kappa shape index (κ3) is 3.18. The summed E-state index contributed by atoms with van der Waals surface area (Å²) in [5.74, 6) is 0. The van der Waals surface area contributed by atoms with Crippen molar-refractivity contribution in [1.82, 2.24) is 9.55 Å². The number of hydrogen-bond donors (Lipinski definition) is 1. The van der Waals surface area contributed by atoms with Gasteiger partial charge in [-0.15, -0.1) is 0 Å². The zero-order chi connectivity index (χ0) is 23.4. The Kier molecular flexibility index (Phi) is 4.53. The van der Waals surface area contributed by atoms with Crippen molar-refractivity contribution in [2.75, 3.05) is 0 Å². The lowest BCUT2D eigenvalue weighted by Gasteiger charge is -2.09. The number of rotatable bonds is 4. The van der Waals surface area contributed by atoms with Gasteiger partial charge in [0, 0.05) is 38.3 Å². The van der Waals surface area contributed by atoms with Crippen molar-refractivity contribution < 1.29 is 0 Å². The molecule has 35 heavy (non-hydrogen) atoms. The first kappa shape index (κ1) is 20.1. The first-order chi connectivity index (χ1) is 17.3. The Balaban J connectivity index is 1.42. The van der Waals surface area contributed by atoms with E-state index in [1.807, 2.05) is 0 Å². The van der Waals surface area contributed by atoms with Crippen LogP contribution in [0.4, 0.5) is 0 Å². The van der Waals surface area contributed by atoms with Gasteiger partial charge in [-0.25, -0.2) is 0 Å². The van der Waals surface area contributed by atoms with Crippen molar-refractivity contribution in [3.63, 3.8) is 0 Å². The van der Waals surface area contributed by atoms with Gasteiger partial charge in [0.2, 0.25) is 0 Å². The largest absolute Gasteiger partial charge is 0.355 e. The second-order valence-corrected chi connectivity index (χ2v) is 9.43. The highest BCUT2D eigenvalue weighted by Crippen LogP contribution is 2.36. The minimum atomic E-state index is 1.12. The van der Waals surface area contributed by atoms with Gasteiger partial charge in [0.15, 0.2) is 0 Å². The number of para-hydroxylation sites is 2. The lowest BCUT2D eigenvalue weighted by Crippen LogP contribution is -1.94. The van der Waals surface area contributed by atoms with Crippen LogP contribution < -0.4 is 0 Å². The standard InChI is InChI=1S/C33H26N2/c1-2-7-22-12-16-25(17-13-22)35-32-11-6-4-9-27(32)29-21-24(15-19-33(29)35)23-14-18-31-28(20-23)26-8-3-5-10-30(26)34-31/h3-6,8-21,34H,2,7H2,1H3. The quantitative estimate of drug-likeness (QED) is 0.276. The summed E-state index contributed by atoms with van der Waals surface area (Å²) < 4.78 is 2.40. The second-order valence-electron chi connectivity index (χ2n) is 9.43. The molecule has 168 valence electrons. The molecule has 0 unspecified atom stereocenters. The molecule has 0 aliphatic carbocycles. The van der Waals surface area contributed by atoms with Crippen LogP contribution in [0, 0.1) is 0 Å². The monoisotopic (exact) mass is 450 g/mol. The normalized spacial score (nSPS) is 11.8. The Hall–Kier alpha value is -4.30. The molecule has 0 fully saturated rings. The van der Waals surface area contributed by atoms with E-state index in [-0.39, 0.29) is 0 Å². The van der Waals surface area contributed by atoms with Crippen LogP contribution >= 0.6 is 0 Å². The summed E-state index contributed by atoms with van der Waals surface area (Å²) in [5, 5.41) is 5.12. The molecule has 0 spiro atoms. The molecule has 0 aliphatic heterocycles. The zero-order valence-electron chi connectivity index (χ0n) is 19.8. The molecule has 0 aliphatic rings. The van der Waals surface area contributed by atoms with E-state index in [1.54, 1.807) is 0 Å². The van der Waals surface area contributed by atoms with Crippen molar-refractivity contribution in [3.8, 4) is 16.8 Å². The van der Waals surface area contributed by atoms with Crippen LogP contribution in [0.25, 0.3) is 60.4 Å². The number of benzene rings is 5. The van der Waals surface area contributed by atoms with E-state index in [0.717, 1.165) is 6.42 Å². The molecule has 2 nitrogen and oxygen atoms in total. The highest BCUT2D eigenvalue weighted by atomic mass is 15.0. The number of H-pyrrole nitrogens is 1. The van der Waals surface area contributed by atoms with Crippen molar-refractivity contribution in [2.24, 2.45) is 0 Å². The number of hydrogen-bond acceptors (Lipinski definition) is 0. The van der Waals surface area contributed by atoms with Crippen LogP contribution in [0.2, 0.25) is 0 Å². The zero-order valence-corrected chi connectivity index (χ0v) is 19.8. The molecular weight excluding hydrogens is 424 g/mol. The lowest BCUT2D eigenvalue weighted by atomic mass is 10.0. The van der Waals surface area contributed by atoms with Crippen molar-refractivity contribution in [1.29, 1.82) is 0 Å². The first-order valence-corrected chi connectivity index (χ1v) is 12.4. The molecule has 1 N–H and O–H groups in total. The maximum atomic E-state index is 3.54. The molecule has 0 atom stereocenters. The minimum absolute atomic E-state index is 1.12. The summed E-state index contributed by atoms with van der Waals surface area (Å²) in [7, 11) is 0. The molecule has 7 rings (SSSR count). The third-order valence-electron chi connectivity index (χ3n) is 7.25. The molecule has 5 aromatic carbocycles. The predicted molar refractivity (Wildman–Crippen MR) is 150 cm³/mol. The SMILES string of the molecule is CCCc1ccc(-n2c3ccccc3c3cc(-c4ccc5[nH]c6ccccc6c5c4)ccc32)cc1. The Morgan fingerprint density at radius 3 is 2.06 bits per heavy atom. The minimum Gasteiger partial charge on any atom is -0.355 e. The summed E-state index contributed by atoms with van der Waals surface area (Å²) >= 11 is 0. The molecule has 2 heterocycles. The van der Waals surface area contributed by atoms with E-state index in [4.69, 9.17) is 0 Å². The number of fused-ring (bicyclic) bond motifs is 6. The maximum Gasteiger partial charge on any atom is 0.0541 e. The fourth-order valence-corrected chi connectivity index (χ4v) is 5.56. The Morgan fingerprint density at radius 1 is 0.571 bits per heavy atom. The Bertz CT molecular complexity index is 1850. The smallest absolute Gasteiger partial charge is 0.0541 e. The summed E-state index contributed by atoms with van der Waals surface area (Å²) in [6.45, 7) is 2.23. The number of aromatic nitrogens is 2. The van der Waals surface area contributed by atoms with E-state index in [0.29, 0.717) is 0 Å². The Morgan fingerprint density at radius 2 is 1.23 bits per heavy atom. The fourth-order valence-electron chi connectivity index (χ4n) is 5.56. The van der Waals surface area contributed by atoms with E-state index in [2.05, 4.69) is 126 Å². The number of aryl methyl sites for hydroxylation is 1. The molecule has 0 radical (unpaired) electrons. The van der Waals surface area contributed by atoms with Gasteiger partial charge >= 0.3 is 0 Å². The van der Waals surface area contributed by atoms with Crippen LogP contribution in [0.15, 0.2) is 109 Å². The van der Waals surface area contributed by atoms with Crippen LogP contribution in [0.5, 0.6) is 0 Å². The second kappa shape index (κ2) is 7.89. The van der Waals surface area contributed by atoms with Crippen molar-refractivity contribution in [3.05, 3.63) is 115 Å². The van der Waals surface area contributed by atoms with Crippen LogP contribution in [0.1, 0.15) is 18.9 Å². The summed E-state index contributed by atoms with van der Waals surface area (Å²) in [5.41, 5.74) is 9.94. The number of nitrogens with zero attached hydrogens (tertiary/aromatic N) is 1. The molecule has 0 saturated carbocycles. The summed E-state index contributed by atoms with van der Waals surface area (Å²) in [6, 6.07) is 40.0. The van der Waals surface area contributed by atoms with Gasteiger partial charge < -0.3 is 9.55 Å². The molecule has 2 heteroatoms. The van der Waals surface area contributed by atoms with Gasteiger partial charge in [-0.1, -0.05) is 74.0 Å². The topological polar surface area (TPSA) is 20.7 Å². The van der Waals surface area contributed by atoms with E-state index < -0.39 is 0 Å². The van der Waals surface area contributed by atoms with Gasteiger partial charge in [0.05, 0.1) is 11.0 Å². The first-order valence-electron chi connectivity index (χ1n) is 12.4. The van der Waals surface area contributed by atoms with Gasteiger partial charge in [-0.2, -0.15) is 0 Å². The van der Waals surface area contributed by atoms with Crippen molar-refractivity contribution >= 4 is 43.6 Å². The lowest BCUT2D eigenvalue weighted by molar-refractivity contribution is 0.921. The fraction of sp³-hybridized carbons (Fsp3) is 0.0909. The van der Waals surface area contributed by atoms with Gasteiger partial charge in [0.1, 0.15) is 0 Å². The molecule has 0 bridgehead atoms. The molecule has 0 amide bonds. The van der Waals surface area contributed by atoms with Crippen LogP contribution in [-0.4, -0.2) is 9.55 Å². The predicted octanol–water partition coefficient (Wildman–Crippen LogP) is 9.04. The highest BCUT2D eigenvalue weighted by Gasteiger charge is 2.14. The van der Waals surface area contributed by atoms with Gasteiger partial charge in [-0.05, 0) is 71.6 Å². The van der Waals surface area contributed by atoms with E-state index >= 15 is 0 Å². The molecular formula is C33H26N2. The average molecular weight is 451 g/mol. The molecule has 7 aromatic rings. The number of aromatic amines is 1. The van der Waals surface area contributed by atoms with E-state index in [1.165, 1.54) is 72.4 Å². The van der Waals surface area contributed by atoms with Crippen LogP contribution in [-0.2, 0) is 6.42 Å².